The van der Waals surface area contributed by atoms with E-state index in [2.05, 4.69) is 15.0 Å². The zero-order valence-corrected chi connectivity index (χ0v) is 17.2. The van der Waals surface area contributed by atoms with E-state index in [9.17, 15) is 9.59 Å². The Morgan fingerprint density at radius 2 is 1.92 bits per heavy atom. The number of ether oxygens (including phenoxy) is 2. The number of rotatable bonds is 3. The molecule has 1 fully saturated rings. The van der Waals surface area contributed by atoms with Crippen LogP contribution in [0, 0.1) is 5.92 Å². The molecule has 3 heterocycles. The minimum Gasteiger partial charge on any atom is -0.447 e. The average molecular weight is 378 g/mol. The summed E-state index contributed by atoms with van der Waals surface area (Å²) < 4.78 is 11.7. The van der Waals surface area contributed by atoms with Crippen molar-refractivity contribution in [1.82, 2.24) is 19.5 Å². The maximum Gasteiger partial charge on any atom is 1.00 e. The van der Waals surface area contributed by atoms with Crippen molar-refractivity contribution in [2.75, 3.05) is 5.73 Å². The van der Waals surface area contributed by atoms with Crippen LogP contribution in [0.1, 0.15) is 20.3 Å². The van der Waals surface area contributed by atoms with Gasteiger partial charge in [0.05, 0.1) is 6.33 Å². The smallest absolute Gasteiger partial charge is 0.447 e. The summed E-state index contributed by atoms with van der Waals surface area (Å²) in [7, 11) is 0. The van der Waals surface area contributed by atoms with Gasteiger partial charge in [0, 0.05) is 20.4 Å². The van der Waals surface area contributed by atoms with Crippen LogP contribution in [-0.2, 0) is 25.6 Å². The Bertz CT molecular complexity index is 789. The second-order valence-corrected chi connectivity index (χ2v) is 5.75. The fourth-order valence-electron chi connectivity index (χ4n) is 2.23. The first kappa shape index (κ1) is 19.4. The van der Waals surface area contributed by atoms with Crippen molar-refractivity contribution in [3.05, 3.63) is 17.4 Å². The fourth-order valence-corrected chi connectivity index (χ4v) is 2.51. The standard InChI is InChI=1S/C13H13ClN5O4.K/c1-13(2)22-10(20)6(11(21)23-13)3-4-19-5-16-9-7(19)8(14)17-12(15)18-9;/h5H,3-4H2,1-2H3,(H2,15,17,18);/q-1;+1. The number of carbonyl (C=O) groups is 2. The second-order valence-electron chi connectivity index (χ2n) is 5.39. The molecule has 11 heteroatoms. The Labute approximate surface area is 184 Å². The monoisotopic (exact) mass is 377 g/mol. The summed E-state index contributed by atoms with van der Waals surface area (Å²) in [6.45, 7) is 3.23. The van der Waals surface area contributed by atoms with E-state index in [1.165, 1.54) is 20.2 Å². The molecule has 0 aliphatic carbocycles. The molecule has 0 aromatic carbocycles. The van der Waals surface area contributed by atoms with Gasteiger partial charge in [-0.25, -0.2) is 4.98 Å². The third-order valence-corrected chi connectivity index (χ3v) is 3.48. The number of carbonyl (C=O) groups excluding carboxylic acids is 2. The normalized spacial score (nSPS) is 16.5. The molecule has 0 atom stereocenters. The number of fused-ring (bicyclic) bond motifs is 1. The maximum atomic E-state index is 11.9. The molecule has 122 valence electrons. The number of nitrogens with two attached hydrogens (primary N) is 1. The molecule has 1 saturated heterocycles. The number of esters is 2. The van der Waals surface area contributed by atoms with Gasteiger partial charge in [0.1, 0.15) is 5.52 Å². The van der Waals surface area contributed by atoms with Crippen molar-refractivity contribution in [3.63, 3.8) is 0 Å². The van der Waals surface area contributed by atoms with E-state index in [-0.39, 0.29) is 81.4 Å². The van der Waals surface area contributed by atoms with Gasteiger partial charge in [-0.05, 0) is 0 Å². The number of hydrogen-bond donors (Lipinski definition) is 1. The molecular formula is C13H13ClKN5O4. The van der Waals surface area contributed by atoms with E-state index in [1.807, 2.05) is 0 Å². The topological polar surface area (TPSA) is 122 Å². The van der Waals surface area contributed by atoms with E-state index in [4.69, 9.17) is 26.8 Å². The van der Waals surface area contributed by atoms with Gasteiger partial charge in [0.15, 0.2) is 22.7 Å². The molecule has 0 bridgehead atoms. The van der Waals surface area contributed by atoms with Crippen molar-refractivity contribution in [2.45, 2.75) is 32.6 Å². The Morgan fingerprint density at radius 1 is 1.29 bits per heavy atom. The molecule has 9 nitrogen and oxygen atoms in total. The van der Waals surface area contributed by atoms with Crippen molar-refractivity contribution in [1.29, 1.82) is 0 Å². The Kier molecular flexibility index (Phi) is 5.77. The van der Waals surface area contributed by atoms with E-state index < -0.39 is 17.7 Å². The second kappa shape index (κ2) is 7.14. The van der Waals surface area contributed by atoms with E-state index in [1.54, 1.807) is 4.57 Å². The van der Waals surface area contributed by atoms with Crippen LogP contribution >= 0.6 is 11.6 Å². The van der Waals surface area contributed by atoms with Gasteiger partial charge in [-0.15, -0.1) is 6.42 Å². The number of cyclic esters (lactones) is 2. The largest absolute Gasteiger partial charge is 1.00 e. The number of aromatic nitrogens is 4. The quantitative estimate of drug-likeness (QED) is 0.278. The molecule has 0 spiro atoms. The van der Waals surface area contributed by atoms with Gasteiger partial charge >= 0.3 is 51.4 Å². The Morgan fingerprint density at radius 3 is 2.54 bits per heavy atom. The van der Waals surface area contributed by atoms with Gasteiger partial charge in [-0.2, -0.15) is 15.9 Å². The Hall–Kier alpha value is -0.914. The third kappa shape index (κ3) is 3.84. The number of hydrogen-bond acceptors (Lipinski definition) is 8. The molecule has 1 aliphatic heterocycles. The molecule has 1 aliphatic rings. The number of nitrogens with zero attached hydrogens (tertiary/aromatic N) is 4. The minimum absolute atomic E-state index is 0. The summed E-state index contributed by atoms with van der Waals surface area (Å²) in [6, 6.07) is 0. The van der Waals surface area contributed by atoms with Crippen LogP contribution in [0.3, 0.4) is 0 Å². The predicted molar refractivity (Wildman–Crippen MR) is 78.9 cm³/mol. The molecule has 0 amide bonds. The van der Waals surface area contributed by atoms with Crippen molar-refractivity contribution >= 4 is 40.7 Å². The molecule has 3 rings (SSSR count). The van der Waals surface area contributed by atoms with Gasteiger partial charge in [0.2, 0.25) is 11.7 Å². The molecule has 0 saturated carbocycles. The minimum atomic E-state index is -1.26. The van der Waals surface area contributed by atoms with Gasteiger partial charge in [-0.3, -0.25) is 9.59 Å². The van der Waals surface area contributed by atoms with E-state index >= 15 is 0 Å². The molecule has 0 radical (unpaired) electrons. The van der Waals surface area contributed by atoms with Gasteiger partial charge < -0.3 is 19.8 Å². The van der Waals surface area contributed by atoms with Gasteiger partial charge in [0.25, 0.3) is 0 Å². The summed E-state index contributed by atoms with van der Waals surface area (Å²) in [6.07, 6.45) is 1.58. The maximum absolute atomic E-state index is 11.9. The first-order chi connectivity index (χ1) is 10.8. The number of imidazole rings is 1. The summed E-state index contributed by atoms with van der Waals surface area (Å²) in [4.78, 5) is 35.7. The van der Waals surface area contributed by atoms with E-state index in [0.29, 0.717) is 11.2 Å². The zero-order valence-electron chi connectivity index (χ0n) is 13.4. The summed E-state index contributed by atoms with van der Waals surface area (Å²) in [5.74, 6) is -2.69. The van der Waals surface area contributed by atoms with Crippen LogP contribution in [0.15, 0.2) is 6.33 Å². The van der Waals surface area contributed by atoms with Crippen LogP contribution in [0.4, 0.5) is 5.95 Å². The van der Waals surface area contributed by atoms with E-state index in [0.717, 1.165) is 0 Å². The molecule has 2 aromatic heterocycles. The van der Waals surface area contributed by atoms with Gasteiger partial charge in [-0.1, -0.05) is 11.6 Å². The predicted octanol–water partition coefficient (Wildman–Crippen LogP) is -2.13. The molecule has 0 unspecified atom stereocenters. The summed E-state index contributed by atoms with van der Waals surface area (Å²) >= 11 is 6.04. The SMILES string of the molecule is CC1(C)OC(=O)[C-](CCn2cnc3nc(N)nc(Cl)c32)C(=O)O1.[K+]. The first-order valence-corrected chi connectivity index (χ1v) is 7.11. The van der Waals surface area contributed by atoms with Crippen molar-refractivity contribution < 1.29 is 70.4 Å². The first-order valence-electron chi connectivity index (χ1n) is 6.73. The van der Waals surface area contributed by atoms with Crippen LogP contribution in [0.25, 0.3) is 11.2 Å². The Balaban J connectivity index is 0.00000208. The van der Waals surface area contributed by atoms with Crippen LogP contribution in [0.5, 0.6) is 0 Å². The number of aryl methyl sites for hydroxylation is 1. The number of nitrogen functional groups attached to an aromatic ring is 1. The summed E-state index contributed by atoms with van der Waals surface area (Å²) in [5.41, 5.74) is 6.31. The zero-order chi connectivity index (χ0) is 16.8. The summed E-state index contributed by atoms with van der Waals surface area (Å²) in [5, 5.41) is 0.143. The number of halogens is 1. The van der Waals surface area contributed by atoms with Crippen molar-refractivity contribution in [3.8, 4) is 0 Å². The molecule has 2 aromatic rings. The molecule has 2 N–H and O–H groups in total. The van der Waals surface area contributed by atoms with Crippen molar-refractivity contribution in [2.24, 2.45) is 0 Å². The van der Waals surface area contributed by atoms with Crippen LogP contribution in [0.2, 0.25) is 5.15 Å². The third-order valence-electron chi connectivity index (χ3n) is 3.22. The number of anilines is 1. The fraction of sp³-hybridized carbons (Fsp3) is 0.385. The molecular weight excluding hydrogens is 365 g/mol. The molecule has 24 heavy (non-hydrogen) atoms. The van der Waals surface area contributed by atoms with Crippen LogP contribution < -0.4 is 57.1 Å². The van der Waals surface area contributed by atoms with Crippen LogP contribution in [-0.4, -0.2) is 37.2 Å². The average Bonchev–Trinajstić information content (AvgIpc) is 2.79.